The number of hydrogen-bond acceptors (Lipinski definition) is 18. The van der Waals surface area contributed by atoms with Gasteiger partial charge in [0, 0.05) is 29.5 Å². The van der Waals surface area contributed by atoms with Crippen molar-refractivity contribution in [2.75, 3.05) is 25.6 Å². The SMILES string of the molecule is CC(C)(C)SSCOC1C[C@H](n2cc(/C=C/CNC(=O)c3ccc(N=Nc4cc(CCN)ccc4O)cc3)c(=O)[nH]c2=O)O[C@@H]1COP(=O)(O)O[P+](O)(O)OP(=O)(O)O. The second-order valence-corrected chi connectivity index (χ2v) is 20.9. The third kappa shape index (κ3) is 16.4. The fourth-order valence-electron chi connectivity index (χ4n) is 5.03. The Kier molecular flexibility index (Phi) is 17.4. The summed E-state index contributed by atoms with van der Waals surface area (Å²) in [5.41, 5.74) is 5.85. The summed E-state index contributed by atoms with van der Waals surface area (Å²) in [6.07, 6.45) is 1.36. The van der Waals surface area contributed by atoms with E-state index in [-0.39, 0.29) is 40.7 Å². The number of nitrogens with two attached hydrogens (primary N) is 1. The molecule has 1 aromatic heterocycles. The molecule has 2 heterocycles. The molecule has 2 unspecified atom stereocenters. The molecule has 3 aromatic rings. The van der Waals surface area contributed by atoms with Crippen LogP contribution in [0.3, 0.4) is 0 Å². The molecule has 324 valence electrons. The summed E-state index contributed by atoms with van der Waals surface area (Å²) < 4.78 is 48.7. The number of aromatic nitrogens is 2. The lowest BCUT2D eigenvalue weighted by atomic mass is 10.1. The first-order valence-electron chi connectivity index (χ1n) is 17.2. The summed E-state index contributed by atoms with van der Waals surface area (Å²) in [6.45, 7) is 5.54. The van der Waals surface area contributed by atoms with Gasteiger partial charge in [0.05, 0.1) is 24.0 Å². The third-order valence-corrected chi connectivity index (χ3v) is 14.3. The van der Waals surface area contributed by atoms with Crippen LogP contribution in [0.15, 0.2) is 74.6 Å². The predicted molar refractivity (Wildman–Crippen MR) is 219 cm³/mol. The Balaban J connectivity index is 1.40. The minimum absolute atomic E-state index is 0.00409. The van der Waals surface area contributed by atoms with Crippen LogP contribution in [-0.4, -0.2) is 87.6 Å². The zero-order chi connectivity index (χ0) is 43.6. The van der Waals surface area contributed by atoms with Crippen LogP contribution in [-0.2, 0) is 38.2 Å². The molecule has 22 nitrogen and oxygen atoms in total. The molecule has 2 aromatic carbocycles. The van der Waals surface area contributed by atoms with Crippen LogP contribution in [0.2, 0.25) is 0 Å². The summed E-state index contributed by atoms with van der Waals surface area (Å²) in [5.74, 6) is -0.398. The number of phenols is 1. The van der Waals surface area contributed by atoms with E-state index < -0.39 is 66.0 Å². The van der Waals surface area contributed by atoms with Gasteiger partial charge in [-0.25, -0.2) is 13.9 Å². The van der Waals surface area contributed by atoms with Gasteiger partial charge in [-0.05, 0) is 63.5 Å². The molecule has 59 heavy (non-hydrogen) atoms. The largest absolute Gasteiger partial charge is 0.591 e. The van der Waals surface area contributed by atoms with Gasteiger partial charge in [0.1, 0.15) is 29.7 Å². The van der Waals surface area contributed by atoms with E-state index in [1.165, 1.54) is 58.1 Å². The van der Waals surface area contributed by atoms with Crippen LogP contribution in [0.25, 0.3) is 6.08 Å². The van der Waals surface area contributed by atoms with Crippen LogP contribution >= 0.6 is 45.4 Å². The fourth-order valence-corrected chi connectivity index (χ4v) is 10.1. The van der Waals surface area contributed by atoms with Crippen molar-refractivity contribution in [1.82, 2.24) is 14.9 Å². The number of nitrogens with one attached hydrogen (secondary N) is 2. The topological polar surface area (TPSA) is 336 Å². The standard InChI is InChI=1S/C32H43N6O16P3S2/c1-32(2,3)59-58-19-50-26-16-28(52-27(26)18-51-56(46,47)54-57(48,49)53-55(43,44)45)38-17-22(30(41)35-31(38)42)5-4-14-34-29(40)21-7-9-23(10-8-21)36-37-24-15-20(12-13-33)6-11-25(24)39/h4-11,15,17,26-28,48-49H,12-14,16,18-19,33H2,1-3H3,(H5-,34,35,36,39,40,41,42,43,44,45,46,47)/p+1/b5-4+/t26?,27-,28-/m1/s1. The smallest absolute Gasteiger partial charge is 0.506 e. The quantitative estimate of drug-likeness (QED) is 0.0250. The van der Waals surface area contributed by atoms with E-state index in [4.69, 9.17) is 29.5 Å². The first-order chi connectivity index (χ1) is 27.5. The lowest BCUT2D eigenvalue weighted by Gasteiger charge is -2.21. The molecule has 10 N–H and O–H groups in total. The molecule has 27 heteroatoms. The Bertz CT molecular complexity index is 2200. The minimum Gasteiger partial charge on any atom is -0.506 e. The fraction of sp³-hybridized carbons (Fsp3) is 0.406. The van der Waals surface area contributed by atoms with Gasteiger partial charge in [-0.3, -0.25) is 23.7 Å². The maximum absolute atomic E-state index is 12.9. The molecule has 1 aliphatic heterocycles. The molecule has 0 bridgehead atoms. The highest BCUT2D eigenvalue weighted by Gasteiger charge is 2.55. The molecule has 0 aliphatic carbocycles. The van der Waals surface area contributed by atoms with Gasteiger partial charge in [-0.1, -0.05) is 60.6 Å². The van der Waals surface area contributed by atoms with Crippen molar-refractivity contribution in [3.05, 3.63) is 92.3 Å². The van der Waals surface area contributed by atoms with Crippen molar-refractivity contribution < 1.29 is 66.1 Å². The zero-order valence-corrected chi connectivity index (χ0v) is 35.9. The number of amides is 1. The predicted octanol–water partition coefficient (Wildman–Crippen LogP) is 4.32. The monoisotopic (exact) mass is 925 g/mol. The van der Waals surface area contributed by atoms with E-state index >= 15 is 0 Å². The molecule has 1 amide bonds. The first kappa shape index (κ1) is 48.5. The van der Waals surface area contributed by atoms with Crippen LogP contribution in [0.5, 0.6) is 5.75 Å². The maximum atomic E-state index is 12.9. The third-order valence-electron chi connectivity index (χ3n) is 7.50. The van der Waals surface area contributed by atoms with Gasteiger partial charge < -0.3 is 40.3 Å². The van der Waals surface area contributed by atoms with Gasteiger partial charge >= 0.3 is 29.5 Å². The molecule has 4 rings (SSSR count). The zero-order valence-electron chi connectivity index (χ0n) is 31.6. The summed E-state index contributed by atoms with van der Waals surface area (Å²) >= 11 is 0. The molecular formula is C32H44N6O16P3S2+. The van der Waals surface area contributed by atoms with Crippen LogP contribution < -0.4 is 22.3 Å². The van der Waals surface area contributed by atoms with Crippen molar-refractivity contribution in [3.8, 4) is 5.75 Å². The van der Waals surface area contributed by atoms with Gasteiger partial charge in [-0.2, -0.15) is 14.9 Å². The highest BCUT2D eigenvalue weighted by Crippen LogP contribution is 2.71. The lowest BCUT2D eigenvalue weighted by molar-refractivity contribution is -0.0545. The molecule has 1 fully saturated rings. The van der Waals surface area contributed by atoms with E-state index in [0.717, 1.165) is 10.1 Å². The van der Waals surface area contributed by atoms with Crippen molar-refractivity contribution in [1.29, 1.82) is 0 Å². The van der Waals surface area contributed by atoms with E-state index in [2.05, 4.69) is 29.2 Å². The number of azo groups is 1. The lowest BCUT2D eigenvalue weighted by Crippen LogP contribution is -2.33. The highest BCUT2D eigenvalue weighted by molar-refractivity contribution is 8.77. The molecule has 4 atom stereocenters. The summed E-state index contributed by atoms with van der Waals surface area (Å²) in [5, 5.41) is 21.0. The summed E-state index contributed by atoms with van der Waals surface area (Å²) in [4.78, 5) is 87.4. The summed E-state index contributed by atoms with van der Waals surface area (Å²) in [6, 6.07) is 11.1. The van der Waals surface area contributed by atoms with Crippen LogP contribution in [0, 0.1) is 0 Å². The Hall–Kier alpha value is -3.12. The average Bonchev–Trinajstić information content (AvgIpc) is 3.53. The Morgan fingerprint density at radius 2 is 1.83 bits per heavy atom. The van der Waals surface area contributed by atoms with Crippen molar-refractivity contribution in [3.63, 3.8) is 0 Å². The second-order valence-electron chi connectivity index (χ2n) is 13.4. The molecule has 0 radical (unpaired) electrons. The van der Waals surface area contributed by atoms with E-state index in [9.17, 15) is 43.3 Å². The number of nitrogens with zero attached hydrogens (tertiary/aromatic N) is 3. The molecule has 0 spiro atoms. The minimum atomic E-state index is -5.55. The van der Waals surface area contributed by atoms with E-state index in [1.54, 1.807) is 24.3 Å². The van der Waals surface area contributed by atoms with Crippen LogP contribution in [0.4, 0.5) is 11.4 Å². The number of hydrogen-bond donors (Lipinski definition) is 9. The number of phosphoric ester groups is 1. The molecule has 1 aliphatic rings. The Morgan fingerprint density at radius 3 is 2.49 bits per heavy atom. The van der Waals surface area contributed by atoms with E-state index in [0.29, 0.717) is 24.2 Å². The number of rotatable bonds is 20. The number of phosphoric acid groups is 2. The number of benzene rings is 2. The Labute approximate surface area is 345 Å². The van der Waals surface area contributed by atoms with Crippen molar-refractivity contribution in [2.24, 2.45) is 16.0 Å². The van der Waals surface area contributed by atoms with Gasteiger partial charge in [0.2, 0.25) is 0 Å². The highest BCUT2D eigenvalue weighted by atomic mass is 33.1. The average molecular weight is 926 g/mol. The van der Waals surface area contributed by atoms with Crippen molar-refractivity contribution >= 4 is 68.8 Å². The first-order valence-corrected chi connectivity index (χ1v) is 24.1. The molecule has 0 saturated carbocycles. The Morgan fingerprint density at radius 1 is 1.12 bits per heavy atom. The number of aromatic hydroxyl groups is 1. The number of ether oxygens (including phenoxy) is 2. The molecule has 1 saturated heterocycles. The maximum Gasteiger partial charge on any atom is 0.591 e. The van der Waals surface area contributed by atoms with Crippen molar-refractivity contribution in [2.45, 2.75) is 56.8 Å². The van der Waals surface area contributed by atoms with Gasteiger partial charge in [-0.15, -0.1) is 5.11 Å². The molecular weight excluding hydrogens is 881 g/mol. The summed E-state index contributed by atoms with van der Waals surface area (Å²) in [7, 11) is -13.7. The normalized spacial score (nSPS) is 18.8. The number of aromatic amines is 1. The number of H-pyrrole nitrogens is 1. The second kappa shape index (κ2) is 21.1. The number of phenolic OH excluding ortho intramolecular Hbond substituents is 1. The van der Waals surface area contributed by atoms with Gasteiger partial charge in [0.15, 0.2) is 0 Å². The number of carbonyl (C=O) groups is 1. The van der Waals surface area contributed by atoms with E-state index in [1.807, 2.05) is 20.8 Å². The number of carbonyl (C=O) groups excluding carboxylic acids is 1. The van der Waals surface area contributed by atoms with Crippen LogP contribution in [0.1, 0.15) is 54.9 Å². The van der Waals surface area contributed by atoms with Gasteiger partial charge in [0.25, 0.3) is 11.5 Å².